The van der Waals surface area contributed by atoms with Gasteiger partial charge in [0.05, 0.1) is 16.6 Å². The van der Waals surface area contributed by atoms with Crippen LogP contribution in [-0.2, 0) is 16.4 Å². The molecule has 0 heterocycles. The summed E-state index contributed by atoms with van der Waals surface area (Å²) in [6.07, 6.45) is 0.517. The van der Waals surface area contributed by atoms with Crippen LogP contribution < -0.4 is 14.8 Å². The first-order valence-electron chi connectivity index (χ1n) is 10.2. The monoisotopic (exact) mass is 516 g/mol. The van der Waals surface area contributed by atoms with Crippen LogP contribution in [0.1, 0.15) is 29.8 Å². The van der Waals surface area contributed by atoms with Gasteiger partial charge in [0.25, 0.3) is 5.91 Å². The van der Waals surface area contributed by atoms with Crippen LogP contribution in [0.5, 0.6) is 5.75 Å². The van der Waals surface area contributed by atoms with Crippen molar-refractivity contribution in [2.75, 3.05) is 11.9 Å². The van der Waals surface area contributed by atoms with Crippen molar-refractivity contribution >= 4 is 37.5 Å². The predicted molar refractivity (Wildman–Crippen MR) is 130 cm³/mol. The minimum atomic E-state index is -3.64. The first kappa shape index (κ1) is 24.0. The molecule has 0 atom stereocenters. The maximum atomic E-state index is 12.8. The van der Waals surface area contributed by atoms with Gasteiger partial charge in [-0.2, -0.15) is 0 Å². The van der Waals surface area contributed by atoms with Crippen molar-refractivity contribution in [2.24, 2.45) is 0 Å². The Hall–Kier alpha value is -2.68. The summed E-state index contributed by atoms with van der Waals surface area (Å²) in [5.41, 5.74) is 1.92. The van der Waals surface area contributed by atoms with Crippen LogP contribution in [0.15, 0.2) is 82.2 Å². The molecule has 0 aliphatic rings. The number of carbonyl (C=O) groups excluding carboxylic acids is 1. The van der Waals surface area contributed by atoms with Gasteiger partial charge in [-0.05, 0) is 68.3 Å². The number of benzene rings is 3. The van der Waals surface area contributed by atoms with Crippen LogP contribution in [0.4, 0.5) is 5.69 Å². The van der Waals surface area contributed by atoms with Crippen LogP contribution in [0, 0.1) is 0 Å². The Labute approximate surface area is 197 Å². The van der Waals surface area contributed by atoms with Gasteiger partial charge in [-0.15, -0.1) is 0 Å². The Balaban J connectivity index is 1.65. The van der Waals surface area contributed by atoms with Gasteiger partial charge in [-0.1, -0.05) is 46.3 Å². The van der Waals surface area contributed by atoms with Crippen molar-refractivity contribution < 1.29 is 17.9 Å². The average Bonchev–Trinajstić information content (AvgIpc) is 2.75. The van der Waals surface area contributed by atoms with Gasteiger partial charge in [0.15, 0.2) is 0 Å². The Bertz CT molecular complexity index is 1160. The highest BCUT2D eigenvalue weighted by Crippen LogP contribution is 2.25. The van der Waals surface area contributed by atoms with E-state index in [9.17, 15) is 13.2 Å². The van der Waals surface area contributed by atoms with Crippen molar-refractivity contribution in [1.82, 2.24) is 4.72 Å². The van der Waals surface area contributed by atoms with Gasteiger partial charge in [0.2, 0.25) is 10.0 Å². The van der Waals surface area contributed by atoms with Crippen LogP contribution in [0.2, 0.25) is 0 Å². The van der Waals surface area contributed by atoms with E-state index in [-0.39, 0.29) is 16.9 Å². The molecule has 0 saturated carbocycles. The summed E-state index contributed by atoms with van der Waals surface area (Å²) in [6.45, 7) is 4.07. The molecular formula is C24H25BrN2O4S. The largest absolute Gasteiger partial charge is 0.490 e. The van der Waals surface area contributed by atoms with E-state index in [0.717, 1.165) is 10.0 Å². The molecule has 2 N–H and O–H groups in total. The molecule has 6 nitrogen and oxygen atoms in total. The summed E-state index contributed by atoms with van der Waals surface area (Å²) in [5, 5.41) is 2.79. The van der Waals surface area contributed by atoms with E-state index in [4.69, 9.17) is 4.74 Å². The molecule has 0 saturated heterocycles. The molecule has 0 fully saturated rings. The highest BCUT2D eigenvalue weighted by atomic mass is 79.9. The van der Waals surface area contributed by atoms with Gasteiger partial charge in [0.1, 0.15) is 5.75 Å². The third-order valence-electron chi connectivity index (χ3n) is 4.52. The molecule has 0 bridgehead atoms. The van der Waals surface area contributed by atoms with E-state index in [1.54, 1.807) is 30.3 Å². The fourth-order valence-corrected chi connectivity index (χ4v) is 4.40. The number of rotatable bonds is 9. The molecule has 0 aromatic heterocycles. The molecule has 3 aromatic carbocycles. The summed E-state index contributed by atoms with van der Waals surface area (Å²) < 4.78 is 34.2. The summed E-state index contributed by atoms with van der Waals surface area (Å²) in [5.74, 6) is 0.126. The van der Waals surface area contributed by atoms with E-state index in [1.165, 1.54) is 12.1 Å². The third-order valence-corrected chi connectivity index (χ3v) is 6.49. The summed E-state index contributed by atoms with van der Waals surface area (Å²) >= 11 is 3.37. The van der Waals surface area contributed by atoms with Gasteiger partial charge in [0, 0.05) is 16.7 Å². The zero-order valence-corrected chi connectivity index (χ0v) is 20.2. The summed E-state index contributed by atoms with van der Waals surface area (Å²) in [4.78, 5) is 12.9. The minimum Gasteiger partial charge on any atom is -0.490 e. The van der Waals surface area contributed by atoms with E-state index in [1.807, 2.05) is 44.2 Å². The Morgan fingerprint density at radius 3 is 2.34 bits per heavy atom. The fourth-order valence-electron chi connectivity index (χ4n) is 3.01. The SMILES string of the molecule is CC(C)Oc1ccc(Br)cc1C(=O)Nc1ccc(S(=O)(=O)NCCc2ccccc2)cc1. The number of nitrogens with one attached hydrogen (secondary N) is 2. The van der Waals surface area contributed by atoms with Crippen LogP contribution >= 0.6 is 15.9 Å². The molecule has 0 aliphatic carbocycles. The Kier molecular flexibility index (Phi) is 8.06. The molecule has 0 spiro atoms. The zero-order valence-electron chi connectivity index (χ0n) is 17.8. The van der Waals surface area contributed by atoms with E-state index < -0.39 is 10.0 Å². The second-order valence-electron chi connectivity index (χ2n) is 7.42. The van der Waals surface area contributed by atoms with Crippen molar-refractivity contribution in [2.45, 2.75) is 31.3 Å². The topological polar surface area (TPSA) is 84.5 Å². The molecule has 3 rings (SSSR count). The number of ether oxygens (including phenoxy) is 1. The number of sulfonamides is 1. The van der Waals surface area contributed by atoms with Crippen LogP contribution in [0.25, 0.3) is 0 Å². The molecule has 3 aromatic rings. The van der Waals surface area contributed by atoms with Crippen LogP contribution in [0.3, 0.4) is 0 Å². The second kappa shape index (κ2) is 10.8. The number of carbonyl (C=O) groups is 1. The lowest BCUT2D eigenvalue weighted by molar-refractivity contribution is 0.102. The fraction of sp³-hybridized carbons (Fsp3) is 0.208. The van der Waals surface area contributed by atoms with E-state index in [2.05, 4.69) is 26.0 Å². The molecule has 32 heavy (non-hydrogen) atoms. The zero-order chi connectivity index (χ0) is 23.1. The van der Waals surface area contributed by atoms with E-state index in [0.29, 0.717) is 30.0 Å². The molecule has 0 radical (unpaired) electrons. The first-order valence-corrected chi connectivity index (χ1v) is 12.4. The van der Waals surface area contributed by atoms with Crippen molar-refractivity contribution in [3.05, 3.63) is 88.4 Å². The molecule has 0 aliphatic heterocycles. The smallest absolute Gasteiger partial charge is 0.259 e. The molecule has 8 heteroatoms. The lowest BCUT2D eigenvalue weighted by atomic mass is 10.1. The quantitative estimate of drug-likeness (QED) is 0.418. The number of amides is 1. The van der Waals surface area contributed by atoms with E-state index >= 15 is 0 Å². The summed E-state index contributed by atoms with van der Waals surface area (Å²) in [7, 11) is -3.64. The van der Waals surface area contributed by atoms with Gasteiger partial charge >= 0.3 is 0 Å². The maximum absolute atomic E-state index is 12.8. The average molecular weight is 517 g/mol. The number of hydrogen-bond acceptors (Lipinski definition) is 4. The Morgan fingerprint density at radius 2 is 1.69 bits per heavy atom. The second-order valence-corrected chi connectivity index (χ2v) is 10.1. The maximum Gasteiger partial charge on any atom is 0.259 e. The highest BCUT2D eigenvalue weighted by Gasteiger charge is 2.16. The van der Waals surface area contributed by atoms with Crippen molar-refractivity contribution in [1.29, 1.82) is 0 Å². The number of anilines is 1. The predicted octanol–water partition coefficient (Wildman–Crippen LogP) is 5.01. The van der Waals surface area contributed by atoms with Crippen molar-refractivity contribution in [3.8, 4) is 5.75 Å². The lowest BCUT2D eigenvalue weighted by Crippen LogP contribution is -2.26. The normalized spacial score (nSPS) is 11.4. The lowest BCUT2D eigenvalue weighted by Gasteiger charge is -2.15. The molecule has 0 unspecified atom stereocenters. The molecular weight excluding hydrogens is 492 g/mol. The number of hydrogen-bond donors (Lipinski definition) is 2. The number of halogens is 1. The van der Waals surface area contributed by atoms with Gasteiger partial charge in [-0.3, -0.25) is 4.79 Å². The molecule has 168 valence electrons. The third kappa shape index (κ3) is 6.66. The minimum absolute atomic E-state index is 0.0818. The first-order chi connectivity index (χ1) is 15.2. The summed E-state index contributed by atoms with van der Waals surface area (Å²) in [6, 6.07) is 20.9. The van der Waals surface area contributed by atoms with Crippen molar-refractivity contribution in [3.63, 3.8) is 0 Å². The van der Waals surface area contributed by atoms with Gasteiger partial charge in [-0.25, -0.2) is 13.1 Å². The molecule has 1 amide bonds. The Morgan fingerprint density at radius 1 is 1.00 bits per heavy atom. The van der Waals surface area contributed by atoms with Gasteiger partial charge < -0.3 is 10.1 Å². The van der Waals surface area contributed by atoms with Crippen LogP contribution in [-0.4, -0.2) is 27.0 Å². The standard InChI is InChI=1S/C24H25BrN2O4S/c1-17(2)31-23-13-8-19(25)16-22(23)24(28)27-20-9-11-21(12-10-20)32(29,30)26-15-14-18-6-4-3-5-7-18/h3-13,16-17,26H,14-15H2,1-2H3,(H,27,28). The highest BCUT2D eigenvalue weighted by molar-refractivity contribution is 9.10.